The first kappa shape index (κ1) is 11.0. The van der Waals surface area contributed by atoms with Gasteiger partial charge in [0.15, 0.2) is 0 Å². The minimum Gasteiger partial charge on any atom is -0.317 e. The van der Waals surface area contributed by atoms with Crippen LogP contribution in [0.1, 0.15) is 16.9 Å². The molecule has 13 heavy (non-hydrogen) atoms. The van der Waals surface area contributed by atoms with Crippen molar-refractivity contribution in [2.24, 2.45) is 0 Å². The quantitative estimate of drug-likeness (QED) is 0.768. The lowest BCUT2D eigenvalue weighted by Crippen LogP contribution is -2.30. The summed E-state index contributed by atoms with van der Waals surface area (Å²) in [4.78, 5) is 1.23. The first-order valence-corrected chi connectivity index (χ1v) is 5.11. The molecule has 1 nitrogen and oxygen atoms in total. The SMILES string of the molecule is CNC1CCc2c(F)csc2C1.Cl. The molecule has 1 atom stereocenters. The minimum atomic E-state index is 0. The van der Waals surface area contributed by atoms with E-state index in [0.29, 0.717) is 6.04 Å². The Kier molecular flexibility index (Phi) is 3.71. The molecule has 0 saturated heterocycles. The third-order valence-electron chi connectivity index (χ3n) is 2.51. The number of nitrogens with one attached hydrogen (secondary N) is 1. The van der Waals surface area contributed by atoms with E-state index in [-0.39, 0.29) is 18.2 Å². The van der Waals surface area contributed by atoms with Gasteiger partial charge < -0.3 is 5.32 Å². The molecule has 74 valence electrons. The fraction of sp³-hybridized carbons (Fsp3) is 0.556. The van der Waals surface area contributed by atoms with E-state index in [1.807, 2.05) is 7.05 Å². The fourth-order valence-corrected chi connectivity index (χ4v) is 2.75. The number of hydrogen-bond donors (Lipinski definition) is 1. The van der Waals surface area contributed by atoms with E-state index in [9.17, 15) is 4.39 Å². The second-order valence-electron chi connectivity index (χ2n) is 3.21. The monoisotopic (exact) mass is 221 g/mol. The van der Waals surface area contributed by atoms with Crippen LogP contribution in [0, 0.1) is 5.82 Å². The molecule has 0 fully saturated rings. The van der Waals surface area contributed by atoms with Crippen LogP contribution in [0.15, 0.2) is 5.38 Å². The summed E-state index contributed by atoms with van der Waals surface area (Å²) in [7, 11) is 1.97. The van der Waals surface area contributed by atoms with Gasteiger partial charge in [-0.25, -0.2) is 4.39 Å². The summed E-state index contributed by atoms with van der Waals surface area (Å²) in [5.74, 6) is 0.00422. The highest BCUT2D eigenvalue weighted by Gasteiger charge is 2.21. The van der Waals surface area contributed by atoms with E-state index in [2.05, 4.69) is 5.32 Å². The Bertz CT molecular complexity index is 287. The largest absolute Gasteiger partial charge is 0.317 e. The van der Waals surface area contributed by atoms with Crippen molar-refractivity contribution in [3.63, 3.8) is 0 Å². The Balaban J connectivity index is 0.000000845. The molecule has 2 rings (SSSR count). The highest BCUT2D eigenvalue weighted by molar-refractivity contribution is 7.10. The van der Waals surface area contributed by atoms with Crippen molar-refractivity contribution in [3.8, 4) is 0 Å². The predicted octanol–water partition coefficient (Wildman–Crippen LogP) is 2.39. The van der Waals surface area contributed by atoms with Crippen LogP contribution in [0.5, 0.6) is 0 Å². The lowest BCUT2D eigenvalue weighted by molar-refractivity contribution is 0.488. The molecule has 0 spiro atoms. The summed E-state index contributed by atoms with van der Waals surface area (Å²) in [6, 6.07) is 0.551. The van der Waals surface area contributed by atoms with Crippen LogP contribution in [-0.4, -0.2) is 13.1 Å². The van der Waals surface area contributed by atoms with Crippen molar-refractivity contribution >= 4 is 23.7 Å². The summed E-state index contributed by atoms with van der Waals surface area (Å²) in [5, 5.41) is 4.87. The first-order chi connectivity index (χ1) is 5.81. The first-order valence-electron chi connectivity index (χ1n) is 4.23. The minimum absolute atomic E-state index is 0. The second-order valence-corrected chi connectivity index (χ2v) is 4.18. The standard InChI is InChI=1S/C9H12FNS.ClH/c1-11-6-2-3-7-8(10)5-12-9(7)4-6;/h5-6,11H,2-4H2,1H3;1H. The second kappa shape index (κ2) is 4.40. The van der Waals surface area contributed by atoms with E-state index < -0.39 is 0 Å². The Morgan fingerprint density at radius 3 is 3.08 bits per heavy atom. The maximum absolute atomic E-state index is 13.1. The third-order valence-corrected chi connectivity index (χ3v) is 3.53. The number of rotatable bonds is 1. The molecule has 1 aromatic heterocycles. The zero-order valence-corrected chi connectivity index (χ0v) is 9.10. The van der Waals surface area contributed by atoms with Gasteiger partial charge in [-0.15, -0.1) is 23.7 Å². The number of halogens is 2. The molecule has 4 heteroatoms. The molecule has 0 amide bonds. The van der Waals surface area contributed by atoms with Crippen LogP contribution in [0.25, 0.3) is 0 Å². The van der Waals surface area contributed by atoms with Crippen molar-refractivity contribution < 1.29 is 4.39 Å². The highest BCUT2D eigenvalue weighted by Crippen LogP contribution is 2.28. The number of thiophene rings is 1. The summed E-state index contributed by atoms with van der Waals surface area (Å²) < 4.78 is 13.1. The number of hydrogen-bond acceptors (Lipinski definition) is 2. The summed E-state index contributed by atoms with van der Waals surface area (Å²) in [6.45, 7) is 0. The molecule has 1 aromatic rings. The van der Waals surface area contributed by atoms with E-state index in [1.54, 1.807) is 16.7 Å². The molecule has 1 heterocycles. The van der Waals surface area contributed by atoms with Crippen LogP contribution in [0.4, 0.5) is 4.39 Å². The van der Waals surface area contributed by atoms with Crippen LogP contribution in [-0.2, 0) is 12.8 Å². The third kappa shape index (κ3) is 2.03. The number of likely N-dealkylation sites (N-methyl/N-ethyl adjacent to an activating group) is 1. The molecule has 0 aromatic carbocycles. The molecule has 0 radical (unpaired) electrons. The maximum atomic E-state index is 13.1. The zero-order valence-electron chi connectivity index (χ0n) is 7.47. The van der Waals surface area contributed by atoms with Gasteiger partial charge in [-0.3, -0.25) is 0 Å². The summed E-state index contributed by atoms with van der Waals surface area (Å²) in [6.07, 6.45) is 2.97. The molecule has 1 aliphatic rings. The van der Waals surface area contributed by atoms with E-state index in [1.165, 1.54) is 4.88 Å². The molecular weight excluding hydrogens is 209 g/mol. The van der Waals surface area contributed by atoms with Crippen LogP contribution in [0.2, 0.25) is 0 Å². The van der Waals surface area contributed by atoms with Crippen molar-refractivity contribution in [3.05, 3.63) is 21.6 Å². The van der Waals surface area contributed by atoms with Crippen molar-refractivity contribution in [2.75, 3.05) is 7.05 Å². The zero-order chi connectivity index (χ0) is 8.55. The van der Waals surface area contributed by atoms with Crippen molar-refractivity contribution in [2.45, 2.75) is 25.3 Å². The van der Waals surface area contributed by atoms with Crippen LogP contribution in [0.3, 0.4) is 0 Å². The van der Waals surface area contributed by atoms with Crippen LogP contribution >= 0.6 is 23.7 Å². The topological polar surface area (TPSA) is 12.0 Å². The lowest BCUT2D eigenvalue weighted by atomic mass is 9.95. The van der Waals surface area contributed by atoms with Gasteiger partial charge in [0.05, 0.1) is 0 Å². The predicted molar refractivity (Wildman–Crippen MR) is 56.4 cm³/mol. The molecule has 1 unspecified atom stereocenters. The van der Waals surface area contributed by atoms with E-state index in [4.69, 9.17) is 0 Å². The van der Waals surface area contributed by atoms with Crippen LogP contribution < -0.4 is 5.32 Å². The molecule has 1 N–H and O–H groups in total. The van der Waals surface area contributed by atoms with Gasteiger partial charge in [-0.2, -0.15) is 0 Å². The van der Waals surface area contributed by atoms with E-state index in [0.717, 1.165) is 24.8 Å². The van der Waals surface area contributed by atoms with Gasteiger partial charge in [-0.1, -0.05) is 0 Å². The fourth-order valence-electron chi connectivity index (χ4n) is 1.72. The van der Waals surface area contributed by atoms with Gasteiger partial charge >= 0.3 is 0 Å². The summed E-state index contributed by atoms with van der Waals surface area (Å²) in [5.41, 5.74) is 0.964. The molecule has 0 aliphatic heterocycles. The maximum Gasteiger partial charge on any atom is 0.137 e. The Morgan fingerprint density at radius 1 is 1.62 bits per heavy atom. The van der Waals surface area contributed by atoms with E-state index >= 15 is 0 Å². The van der Waals surface area contributed by atoms with Gasteiger partial charge in [0.2, 0.25) is 0 Å². The Hall–Kier alpha value is -0.120. The smallest absolute Gasteiger partial charge is 0.137 e. The molecular formula is C9H13ClFNS. The van der Waals surface area contributed by atoms with Gasteiger partial charge in [0.1, 0.15) is 5.82 Å². The average Bonchev–Trinajstić information content (AvgIpc) is 2.47. The Morgan fingerprint density at radius 2 is 2.38 bits per heavy atom. The van der Waals surface area contributed by atoms with Crippen molar-refractivity contribution in [1.82, 2.24) is 5.32 Å². The van der Waals surface area contributed by atoms with Gasteiger partial charge in [0.25, 0.3) is 0 Å². The average molecular weight is 222 g/mol. The van der Waals surface area contributed by atoms with Crippen molar-refractivity contribution in [1.29, 1.82) is 0 Å². The molecule has 0 bridgehead atoms. The normalized spacial score (nSPS) is 20.6. The summed E-state index contributed by atoms with van der Waals surface area (Å²) >= 11 is 1.56. The van der Waals surface area contributed by atoms with Gasteiger partial charge in [-0.05, 0) is 26.3 Å². The Labute approximate surface area is 87.8 Å². The lowest BCUT2D eigenvalue weighted by Gasteiger charge is -2.21. The highest BCUT2D eigenvalue weighted by atomic mass is 35.5. The number of fused-ring (bicyclic) bond motifs is 1. The molecule has 1 aliphatic carbocycles. The van der Waals surface area contributed by atoms with Gasteiger partial charge in [0, 0.05) is 21.9 Å². The molecule has 0 saturated carbocycles.